The van der Waals surface area contributed by atoms with Crippen LogP contribution in [0.1, 0.15) is 28.3 Å². The molecule has 134 valence electrons. The fourth-order valence-corrected chi connectivity index (χ4v) is 3.63. The lowest BCUT2D eigenvalue weighted by Crippen LogP contribution is -2.28. The molecule has 0 radical (unpaired) electrons. The van der Waals surface area contributed by atoms with E-state index in [-0.39, 0.29) is 11.8 Å². The summed E-state index contributed by atoms with van der Waals surface area (Å²) >= 11 is 0. The molecule has 1 aromatic carbocycles. The molecular formula is C20H21N3O3. The van der Waals surface area contributed by atoms with Gasteiger partial charge in [-0.2, -0.15) is 5.10 Å². The van der Waals surface area contributed by atoms with Crippen molar-refractivity contribution in [2.75, 3.05) is 27.3 Å². The van der Waals surface area contributed by atoms with Crippen molar-refractivity contribution >= 4 is 11.4 Å². The number of hydrogen-bond donors (Lipinski definition) is 0. The summed E-state index contributed by atoms with van der Waals surface area (Å²) in [6.45, 7) is 1.38. The van der Waals surface area contributed by atoms with E-state index in [0.29, 0.717) is 18.7 Å². The van der Waals surface area contributed by atoms with Crippen LogP contribution in [0.4, 0.5) is 0 Å². The number of amides is 1. The zero-order chi connectivity index (χ0) is 18.1. The summed E-state index contributed by atoms with van der Waals surface area (Å²) in [5.41, 5.74) is 2.56. The van der Waals surface area contributed by atoms with Crippen LogP contribution in [0, 0.1) is 0 Å². The summed E-state index contributed by atoms with van der Waals surface area (Å²) in [6.07, 6.45) is 4.39. The van der Waals surface area contributed by atoms with E-state index in [9.17, 15) is 4.79 Å². The molecule has 1 saturated heterocycles. The summed E-state index contributed by atoms with van der Waals surface area (Å²) < 4.78 is 12.6. The number of rotatable bonds is 4. The lowest BCUT2D eigenvalue weighted by Gasteiger charge is -2.18. The van der Waals surface area contributed by atoms with E-state index in [4.69, 9.17) is 9.47 Å². The van der Waals surface area contributed by atoms with E-state index in [0.717, 1.165) is 29.0 Å². The molecule has 1 fully saturated rings. The van der Waals surface area contributed by atoms with Crippen LogP contribution >= 0.6 is 0 Å². The maximum Gasteiger partial charge on any atom is 0.257 e. The van der Waals surface area contributed by atoms with E-state index in [2.05, 4.69) is 5.10 Å². The number of nitrogens with zero attached hydrogens (tertiary/aromatic N) is 3. The second-order valence-electron chi connectivity index (χ2n) is 6.43. The monoisotopic (exact) mass is 351 g/mol. The minimum atomic E-state index is 0.0237. The lowest BCUT2D eigenvalue weighted by molar-refractivity contribution is 0.0792. The molecule has 6 heteroatoms. The highest BCUT2D eigenvalue weighted by atomic mass is 16.5. The van der Waals surface area contributed by atoms with E-state index in [1.54, 1.807) is 24.9 Å². The Labute approximate surface area is 151 Å². The quantitative estimate of drug-likeness (QED) is 0.725. The second kappa shape index (κ2) is 6.71. The molecule has 0 saturated carbocycles. The molecule has 4 rings (SSSR count). The molecule has 0 spiro atoms. The van der Waals surface area contributed by atoms with Gasteiger partial charge in [-0.25, -0.2) is 4.52 Å². The number of hydrogen-bond acceptors (Lipinski definition) is 4. The van der Waals surface area contributed by atoms with Crippen LogP contribution in [0.5, 0.6) is 11.5 Å². The second-order valence-corrected chi connectivity index (χ2v) is 6.43. The van der Waals surface area contributed by atoms with E-state index in [1.165, 1.54) is 0 Å². The molecule has 1 amide bonds. The Bertz CT molecular complexity index is 950. The van der Waals surface area contributed by atoms with Crippen molar-refractivity contribution in [2.24, 2.45) is 0 Å². The van der Waals surface area contributed by atoms with Gasteiger partial charge in [0.15, 0.2) is 0 Å². The number of aromatic nitrogens is 2. The van der Waals surface area contributed by atoms with Crippen molar-refractivity contribution in [1.82, 2.24) is 14.5 Å². The highest BCUT2D eigenvalue weighted by molar-refractivity contribution is 6.00. The first-order chi connectivity index (χ1) is 12.7. The Kier molecular flexibility index (Phi) is 4.24. The van der Waals surface area contributed by atoms with Crippen LogP contribution in [0.25, 0.3) is 5.52 Å². The van der Waals surface area contributed by atoms with Crippen molar-refractivity contribution in [1.29, 1.82) is 0 Å². The fourth-order valence-electron chi connectivity index (χ4n) is 3.63. The number of methoxy groups -OCH3 is 2. The van der Waals surface area contributed by atoms with Crippen LogP contribution in [0.15, 0.2) is 48.8 Å². The van der Waals surface area contributed by atoms with Crippen molar-refractivity contribution in [3.05, 3.63) is 59.9 Å². The van der Waals surface area contributed by atoms with Crippen LogP contribution in [-0.2, 0) is 0 Å². The number of carbonyl (C=O) groups excluding carboxylic acids is 1. The molecule has 2 aromatic heterocycles. The summed E-state index contributed by atoms with van der Waals surface area (Å²) in [5.74, 6) is 1.88. The molecule has 0 aliphatic carbocycles. The number of fused-ring (bicyclic) bond motifs is 1. The van der Waals surface area contributed by atoms with Gasteiger partial charge in [0.2, 0.25) is 0 Å². The molecule has 1 aliphatic rings. The van der Waals surface area contributed by atoms with Crippen LogP contribution in [0.2, 0.25) is 0 Å². The van der Waals surface area contributed by atoms with E-state index in [1.807, 2.05) is 47.5 Å². The molecule has 1 atom stereocenters. The number of carbonyl (C=O) groups is 1. The van der Waals surface area contributed by atoms with Crippen LogP contribution in [-0.4, -0.2) is 47.7 Å². The van der Waals surface area contributed by atoms with Gasteiger partial charge >= 0.3 is 0 Å². The Balaban J connectivity index is 1.58. The van der Waals surface area contributed by atoms with Gasteiger partial charge in [0, 0.05) is 30.8 Å². The van der Waals surface area contributed by atoms with Crippen molar-refractivity contribution < 1.29 is 14.3 Å². The molecule has 3 aromatic rings. The molecule has 0 unspecified atom stereocenters. The molecule has 26 heavy (non-hydrogen) atoms. The van der Waals surface area contributed by atoms with Crippen molar-refractivity contribution in [3.63, 3.8) is 0 Å². The Morgan fingerprint density at radius 2 is 2.08 bits per heavy atom. The zero-order valence-electron chi connectivity index (χ0n) is 14.9. The highest BCUT2D eigenvalue weighted by Crippen LogP contribution is 2.36. The Morgan fingerprint density at radius 1 is 1.19 bits per heavy atom. The van der Waals surface area contributed by atoms with Gasteiger partial charge in [-0.3, -0.25) is 4.79 Å². The summed E-state index contributed by atoms with van der Waals surface area (Å²) in [5, 5.41) is 4.27. The lowest BCUT2D eigenvalue weighted by atomic mass is 9.97. The van der Waals surface area contributed by atoms with E-state index >= 15 is 0 Å². The first-order valence-corrected chi connectivity index (χ1v) is 8.65. The van der Waals surface area contributed by atoms with Gasteiger partial charge < -0.3 is 14.4 Å². The average Bonchev–Trinajstić information content (AvgIpc) is 3.34. The van der Waals surface area contributed by atoms with E-state index < -0.39 is 0 Å². The van der Waals surface area contributed by atoms with Gasteiger partial charge in [0.25, 0.3) is 5.91 Å². The molecule has 3 heterocycles. The third-order valence-corrected chi connectivity index (χ3v) is 5.01. The summed E-state index contributed by atoms with van der Waals surface area (Å²) in [4.78, 5) is 14.9. The molecule has 6 nitrogen and oxygen atoms in total. The number of benzene rings is 1. The highest BCUT2D eigenvalue weighted by Gasteiger charge is 2.31. The molecule has 0 N–H and O–H groups in total. The number of likely N-dealkylation sites (tertiary alicyclic amines) is 1. The van der Waals surface area contributed by atoms with Gasteiger partial charge in [-0.15, -0.1) is 0 Å². The maximum absolute atomic E-state index is 13.0. The van der Waals surface area contributed by atoms with Gasteiger partial charge in [-0.05, 0) is 36.8 Å². The normalized spacial score (nSPS) is 16.8. The average molecular weight is 351 g/mol. The topological polar surface area (TPSA) is 56.1 Å². The van der Waals surface area contributed by atoms with Gasteiger partial charge in [-0.1, -0.05) is 6.07 Å². The first kappa shape index (κ1) is 16.4. The zero-order valence-corrected chi connectivity index (χ0v) is 14.9. The molecule has 0 bridgehead atoms. The summed E-state index contributed by atoms with van der Waals surface area (Å²) in [6, 6.07) is 11.5. The maximum atomic E-state index is 13.0. The van der Waals surface area contributed by atoms with Crippen LogP contribution in [0.3, 0.4) is 0 Å². The largest absolute Gasteiger partial charge is 0.497 e. The Hall–Kier alpha value is -3.02. The van der Waals surface area contributed by atoms with Crippen LogP contribution < -0.4 is 9.47 Å². The molecule has 1 aliphatic heterocycles. The summed E-state index contributed by atoms with van der Waals surface area (Å²) in [7, 11) is 3.32. The van der Waals surface area contributed by atoms with Gasteiger partial charge in [0.05, 0.1) is 31.5 Å². The van der Waals surface area contributed by atoms with Gasteiger partial charge in [0.1, 0.15) is 11.5 Å². The minimum Gasteiger partial charge on any atom is -0.497 e. The fraction of sp³-hybridized carbons (Fsp3) is 0.300. The first-order valence-electron chi connectivity index (χ1n) is 8.65. The third-order valence-electron chi connectivity index (χ3n) is 5.01. The van der Waals surface area contributed by atoms with Crippen molar-refractivity contribution in [2.45, 2.75) is 12.3 Å². The minimum absolute atomic E-state index is 0.0237. The number of ether oxygens (including phenoxy) is 2. The predicted molar refractivity (Wildman–Crippen MR) is 98.0 cm³/mol. The molecular weight excluding hydrogens is 330 g/mol. The number of pyridine rings is 1. The smallest absolute Gasteiger partial charge is 0.257 e. The predicted octanol–water partition coefficient (Wildman–Crippen LogP) is 2.98. The SMILES string of the molecule is COc1ccc(OC)c([C@H]2CCN(C(=O)c3cnn4ccccc34)C2)c1. The third kappa shape index (κ3) is 2.77. The van der Waals surface area contributed by atoms with Crippen molar-refractivity contribution in [3.8, 4) is 11.5 Å². The standard InChI is InChI=1S/C20H21N3O3/c1-25-15-6-7-19(26-2)16(11-15)14-8-10-22(13-14)20(24)17-12-21-23-9-4-3-5-18(17)23/h3-7,9,11-12,14H,8,10,13H2,1-2H3/t14-/m0/s1. The Morgan fingerprint density at radius 3 is 2.88 bits per heavy atom.